The van der Waals surface area contributed by atoms with Gasteiger partial charge < -0.3 is 10.6 Å². The van der Waals surface area contributed by atoms with E-state index >= 15 is 0 Å². The Bertz CT molecular complexity index is 861. The maximum atomic E-state index is 12.9. The number of para-hydroxylation sites is 1. The van der Waals surface area contributed by atoms with E-state index in [1.165, 1.54) is 5.56 Å². The summed E-state index contributed by atoms with van der Waals surface area (Å²) in [6, 6.07) is 15.7. The molecule has 0 saturated carbocycles. The fourth-order valence-electron chi connectivity index (χ4n) is 3.63. The van der Waals surface area contributed by atoms with Gasteiger partial charge in [-0.25, -0.2) is 0 Å². The first-order chi connectivity index (χ1) is 14.5. The van der Waals surface area contributed by atoms with Crippen LogP contribution in [0.25, 0.3) is 0 Å². The number of carbonyl (C=O) groups excluding carboxylic acids is 2. The molecule has 1 saturated heterocycles. The molecule has 0 radical (unpaired) electrons. The minimum absolute atomic E-state index is 0.00193. The van der Waals surface area contributed by atoms with Crippen molar-refractivity contribution in [1.82, 2.24) is 10.2 Å². The number of nitrogens with zero attached hydrogens (tertiary/aromatic N) is 1. The van der Waals surface area contributed by atoms with Crippen LogP contribution in [0, 0.1) is 5.92 Å². The number of hydrogen-bond donors (Lipinski definition) is 2. The third-order valence-corrected chi connectivity index (χ3v) is 6.23. The van der Waals surface area contributed by atoms with E-state index in [4.69, 9.17) is 0 Å². The normalized spacial score (nSPS) is 16.1. The van der Waals surface area contributed by atoms with Crippen molar-refractivity contribution in [2.45, 2.75) is 45.7 Å². The lowest BCUT2D eigenvalue weighted by molar-refractivity contribution is -0.121. The van der Waals surface area contributed by atoms with E-state index in [1.54, 1.807) is 12.1 Å². The Morgan fingerprint density at radius 3 is 2.43 bits per heavy atom. The van der Waals surface area contributed by atoms with Gasteiger partial charge in [0, 0.05) is 23.0 Å². The molecule has 2 N–H and O–H groups in total. The Morgan fingerprint density at radius 1 is 1.10 bits per heavy atom. The molecule has 2 aromatic carbocycles. The van der Waals surface area contributed by atoms with Gasteiger partial charge in [0.05, 0.1) is 11.3 Å². The Kier molecular flexibility index (Phi) is 8.05. The van der Waals surface area contributed by atoms with Crippen molar-refractivity contribution in [3.8, 4) is 0 Å². The number of halogens is 1. The van der Waals surface area contributed by atoms with Crippen LogP contribution in [0.1, 0.15) is 49.0 Å². The summed E-state index contributed by atoms with van der Waals surface area (Å²) in [7, 11) is 0. The lowest BCUT2D eigenvalue weighted by Crippen LogP contribution is -2.38. The molecule has 0 aliphatic carbocycles. The third-order valence-electron chi connectivity index (χ3n) is 5.70. The van der Waals surface area contributed by atoms with E-state index < -0.39 is 0 Å². The van der Waals surface area contributed by atoms with E-state index in [0.29, 0.717) is 11.3 Å². The Balaban J connectivity index is 1.55. The van der Waals surface area contributed by atoms with Crippen LogP contribution in [-0.2, 0) is 11.3 Å². The highest BCUT2D eigenvalue weighted by atomic mass is 79.9. The van der Waals surface area contributed by atoms with Gasteiger partial charge in [-0.05, 0) is 69.1 Å². The van der Waals surface area contributed by atoms with Gasteiger partial charge in [-0.2, -0.15) is 0 Å². The largest absolute Gasteiger partial charge is 0.350 e. The standard InChI is InChI=1S/C24H30BrN3O2/c1-3-17(2)26-24(30)21-6-4-5-7-22(21)27-23(29)19-12-14-28(15-13-19)16-18-8-10-20(25)11-9-18/h4-11,17,19H,3,12-16H2,1-2H3,(H,26,30)(H,27,29). The molecule has 1 unspecified atom stereocenters. The lowest BCUT2D eigenvalue weighted by Gasteiger charge is -2.31. The van der Waals surface area contributed by atoms with Crippen molar-refractivity contribution >= 4 is 33.4 Å². The van der Waals surface area contributed by atoms with Gasteiger partial charge in [0.25, 0.3) is 5.91 Å². The van der Waals surface area contributed by atoms with Crippen molar-refractivity contribution in [2.24, 2.45) is 5.92 Å². The van der Waals surface area contributed by atoms with Crippen LogP contribution in [0.5, 0.6) is 0 Å². The zero-order chi connectivity index (χ0) is 21.5. The van der Waals surface area contributed by atoms with Crippen molar-refractivity contribution in [3.63, 3.8) is 0 Å². The summed E-state index contributed by atoms with van der Waals surface area (Å²) in [6.45, 7) is 6.69. The molecule has 0 bridgehead atoms. The van der Waals surface area contributed by atoms with Crippen LogP contribution in [-0.4, -0.2) is 35.8 Å². The van der Waals surface area contributed by atoms with Crippen LogP contribution >= 0.6 is 15.9 Å². The molecular weight excluding hydrogens is 442 g/mol. The first kappa shape index (κ1) is 22.5. The number of hydrogen-bond acceptors (Lipinski definition) is 3. The van der Waals surface area contributed by atoms with E-state index in [9.17, 15) is 9.59 Å². The van der Waals surface area contributed by atoms with Crippen molar-refractivity contribution in [3.05, 3.63) is 64.1 Å². The fourth-order valence-corrected chi connectivity index (χ4v) is 3.89. The van der Waals surface area contributed by atoms with Crippen molar-refractivity contribution in [2.75, 3.05) is 18.4 Å². The zero-order valence-corrected chi connectivity index (χ0v) is 19.2. The van der Waals surface area contributed by atoms with Gasteiger partial charge in [0.2, 0.25) is 5.91 Å². The van der Waals surface area contributed by atoms with Crippen LogP contribution in [0.15, 0.2) is 53.0 Å². The number of carbonyl (C=O) groups is 2. The van der Waals surface area contributed by atoms with Gasteiger partial charge >= 0.3 is 0 Å². The molecule has 30 heavy (non-hydrogen) atoms. The van der Waals surface area contributed by atoms with Crippen LogP contribution in [0.2, 0.25) is 0 Å². The second kappa shape index (κ2) is 10.7. The molecule has 0 spiro atoms. The van der Waals surface area contributed by atoms with Gasteiger partial charge in [-0.1, -0.05) is 47.1 Å². The van der Waals surface area contributed by atoms with E-state index in [-0.39, 0.29) is 23.8 Å². The Hall–Kier alpha value is -2.18. The topological polar surface area (TPSA) is 61.4 Å². The maximum Gasteiger partial charge on any atom is 0.253 e. The predicted molar refractivity (Wildman–Crippen MR) is 124 cm³/mol. The number of amides is 2. The molecule has 5 nitrogen and oxygen atoms in total. The molecule has 160 valence electrons. The summed E-state index contributed by atoms with van der Waals surface area (Å²) >= 11 is 3.47. The van der Waals surface area contributed by atoms with E-state index in [1.807, 2.05) is 26.0 Å². The minimum atomic E-state index is -0.149. The fraction of sp³-hybridized carbons (Fsp3) is 0.417. The maximum absolute atomic E-state index is 12.9. The average Bonchev–Trinajstić information content (AvgIpc) is 2.76. The summed E-state index contributed by atoms with van der Waals surface area (Å²) in [5.41, 5.74) is 2.38. The highest BCUT2D eigenvalue weighted by Gasteiger charge is 2.26. The van der Waals surface area contributed by atoms with Crippen LogP contribution < -0.4 is 10.6 Å². The molecule has 1 fully saturated rings. The van der Waals surface area contributed by atoms with E-state index in [0.717, 1.165) is 43.4 Å². The molecule has 1 heterocycles. The second-order valence-electron chi connectivity index (χ2n) is 7.99. The summed E-state index contributed by atoms with van der Waals surface area (Å²) in [5.74, 6) is -0.177. The molecule has 6 heteroatoms. The average molecular weight is 472 g/mol. The van der Waals surface area contributed by atoms with E-state index in [2.05, 4.69) is 55.7 Å². The molecule has 3 rings (SSSR count). The second-order valence-corrected chi connectivity index (χ2v) is 8.91. The molecule has 0 aromatic heterocycles. The summed E-state index contributed by atoms with van der Waals surface area (Å²) in [6.07, 6.45) is 2.51. The molecule has 1 aliphatic rings. The highest BCUT2D eigenvalue weighted by Crippen LogP contribution is 2.23. The highest BCUT2D eigenvalue weighted by molar-refractivity contribution is 9.10. The molecule has 1 atom stereocenters. The monoisotopic (exact) mass is 471 g/mol. The quantitative estimate of drug-likeness (QED) is 0.607. The van der Waals surface area contributed by atoms with Crippen molar-refractivity contribution < 1.29 is 9.59 Å². The summed E-state index contributed by atoms with van der Waals surface area (Å²) < 4.78 is 1.08. The van der Waals surface area contributed by atoms with Gasteiger partial charge in [-0.3, -0.25) is 14.5 Å². The minimum Gasteiger partial charge on any atom is -0.350 e. The number of piperidine rings is 1. The number of nitrogens with one attached hydrogen (secondary N) is 2. The molecule has 2 aromatic rings. The predicted octanol–water partition coefficient (Wildman–Crippen LogP) is 4.83. The van der Waals surface area contributed by atoms with Crippen LogP contribution in [0.3, 0.4) is 0 Å². The molecule has 1 aliphatic heterocycles. The SMILES string of the molecule is CCC(C)NC(=O)c1ccccc1NC(=O)C1CCN(Cc2ccc(Br)cc2)CC1. The Morgan fingerprint density at radius 2 is 1.77 bits per heavy atom. The lowest BCUT2D eigenvalue weighted by atomic mass is 9.95. The van der Waals surface area contributed by atoms with Gasteiger partial charge in [-0.15, -0.1) is 0 Å². The summed E-state index contributed by atoms with van der Waals surface area (Å²) in [5, 5.41) is 5.97. The van der Waals surface area contributed by atoms with Crippen molar-refractivity contribution in [1.29, 1.82) is 0 Å². The number of likely N-dealkylation sites (tertiary alicyclic amines) is 1. The number of anilines is 1. The zero-order valence-electron chi connectivity index (χ0n) is 17.7. The molecule has 2 amide bonds. The number of benzene rings is 2. The third kappa shape index (κ3) is 6.16. The van der Waals surface area contributed by atoms with Gasteiger partial charge in [0.1, 0.15) is 0 Å². The first-order valence-corrected chi connectivity index (χ1v) is 11.4. The molecular formula is C24H30BrN3O2. The van der Waals surface area contributed by atoms with Crippen LogP contribution in [0.4, 0.5) is 5.69 Å². The van der Waals surface area contributed by atoms with Gasteiger partial charge in [0.15, 0.2) is 0 Å². The summed E-state index contributed by atoms with van der Waals surface area (Å²) in [4.78, 5) is 27.8. The number of rotatable bonds is 7. The Labute approximate surface area is 187 Å². The first-order valence-electron chi connectivity index (χ1n) is 10.6. The smallest absolute Gasteiger partial charge is 0.253 e.